The first-order valence-electron chi connectivity index (χ1n) is 10.5. The molecular weight excluding hydrogens is 368 g/mol. The fourth-order valence-corrected chi connectivity index (χ4v) is 4.01. The van der Waals surface area contributed by atoms with Crippen LogP contribution >= 0.6 is 0 Å². The van der Waals surface area contributed by atoms with Crippen molar-refractivity contribution in [1.29, 1.82) is 0 Å². The van der Waals surface area contributed by atoms with Crippen LogP contribution < -0.4 is 5.73 Å². The monoisotopic (exact) mass is 398 g/mol. The van der Waals surface area contributed by atoms with Crippen LogP contribution in [0.2, 0.25) is 0 Å². The van der Waals surface area contributed by atoms with Crippen molar-refractivity contribution in [3.63, 3.8) is 0 Å². The van der Waals surface area contributed by atoms with E-state index in [9.17, 15) is 4.79 Å². The highest BCUT2D eigenvalue weighted by atomic mass is 16.1. The zero-order chi connectivity index (χ0) is 21.8. The standard InChI is InChI=1S/C27H30N2O/c1-26(2,3)18-9-13-23-21(15-18)22-16-19(27(4,5)6)10-14-24(22)29(23)20-11-7-17(8-12-20)25(28)30/h7-16H,1-6H3,(H2,28,30). The van der Waals surface area contributed by atoms with Crippen LogP contribution in [0.4, 0.5) is 0 Å². The summed E-state index contributed by atoms with van der Waals surface area (Å²) >= 11 is 0. The summed E-state index contributed by atoms with van der Waals surface area (Å²) < 4.78 is 2.27. The zero-order valence-electron chi connectivity index (χ0n) is 18.7. The van der Waals surface area contributed by atoms with Gasteiger partial charge in [0.15, 0.2) is 0 Å². The number of benzene rings is 3. The van der Waals surface area contributed by atoms with Crippen LogP contribution in [-0.2, 0) is 10.8 Å². The molecular formula is C27H30N2O. The second-order valence-electron chi connectivity index (χ2n) is 10.2. The predicted octanol–water partition coefficient (Wildman–Crippen LogP) is 6.48. The maximum Gasteiger partial charge on any atom is 0.248 e. The van der Waals surface area contributed by atoms with Crippen molar-refractivity contribution < 1.29 is 4.79 Å². The van der Waals surface area contributed by atoms with E-state index in [-0.39, 0.29) is 10.8 Å². The van der Waals surface area contributed by atoms with Crippen LogP contribution in [0.25, 0.3) is 27.5 Å². The maximum absolute atomic E-state index is 11.5. The highest BCUT2D eigenvalue weighted by molar-refractivity contribution is 6.10. The van der Waals surface area contributed by atoms with Crippen molar-refractivity contribution in [2.45, 2.75) is 52.4 Å². The van der Waals surface area contributed by atoms with Crippen molar-refractivity contribution in [2.75, 3.05) is 0 Å². The molecule has 30 heavy (non-hydrogen) atoms. The Bertz CT molecular complexity index is 1190. The molecule has 3 nitrogen and oxygen atoms in total. The van der Waals surface area contributed by atoms with Gasteiger partial charge in [0, 0.05) is 22.0 Å². The lowest BCUT2D eigenvalue weighted by Crippen LogP contribution is -2.11. The number of carbonyl (C=O) groups excluding carboxylic acids is 1. The summed E-state index contributed by atoms with van der Waals surface area (Å²) in [5.41, 5.74) is 12.1. The number of nitrogens with zero attached hydrogens (tertiary/aromatic N) is 1. The van der Waals surface area contributed by atoms with Crippen LogP contribution in [0, 0.1) is 0 Å². The molecule has 0 saturated carbocycles. The minimum atomic E-state index is -0.409. The number of hydrogen-bond acceptors (Lipinski definition) is 1. The van der Waals surface area contributed by atoms with E-state index in [0.29, 0.717) is 5.56 Å². The molecule has 1 aromatic heterocycles. The van der Waals surface area contributed by atoms with E-state index >= 15 is 0 Å². The van der Waals surface area contributed by atoms with Gasteiger partial charge >= 0.3 is 0 Å². The van der Waals surface area contributed by atoms with Gasteiger partial charge in [-0.2, -0.15) is 0 Å². The Hall–Kier alpha value is -3.07. The van der Waals surface area contributed by atoms with Gasteiger partial charge < -0.3 is 10.3 Å². The summed E-state index contributed by atoms with van der Waals surface area (Å²) in [5, 5.41) is 2.50. The molecule has 0 saturated heterocycles. The van der Waals surface area contributed by atoms with Crippen LogP contribution in [0.5, 0.6) is 0 Å². The highest BCUT2D eigenvalue weighted by Crippen LogP contribution is 2.37. The molecule has 154 valence electrons. The molecule has 1 amide bonds. The molecule has 4 aromatic rings. The summed E-state index contributed by atoms with van der Waals surface area (Å²) in [6.07, 6.45) is 0. The van der Waals surface area contributed by atoms with Crippen LogP contribution in [-0.4, -0.2) is 10.5 Å². The molecule has 0 radical (unpaired) electrons. The molecule has 0 bridgehead atoms. The lowest BCUT2D eigenvalue weighted by molar-refractivity contribution is 0.100. The minimum absolute atomic E-state index is 0.0768. The summed E-state index contributed by atoms with van der Waals surface area (Å²) in [4.78, 5) is 11.5. The number of rotatable bonds is 2. The molecule has 0 fully saturated rings. The highest BCUT2D eigenvalue weighted by Gasteiger charge is 2.20. The Morgan fingerprint density at radius 3 is 1.50 bits per heavy atom. The molecule has 4 rings (SSSR count). The number of primary amides is 1. The van der Waals surface area contributed by atoms with Crippen molar-refractivity contribution in [3.05, 3.63) is 77.4 Å². The van der Waals surface area contributed by atoms with Gasteiger partial charge in [-0.1, -0.05) is 53.7 Å². The molecule has 3 heteroatoms. The van der Waals surface area contributed by atoms with E-state index in [1.165, 1.54) is 21.9 Å². The summed E-state index contributed by atoms with van der Waals surface area (Å²) in [7, 11) is 0. The normalized spacial score (nSPS) is 12.6. The van der Waals surface area contributed by atoms with Gasteiger partial charge in [-0.15, -0.1) is 0 Å². The molecule has 0 spiro atoms. The van der Waals surface area contributed by atoms with E-state index in [0.717, 1.165) is 16.7 Å². The topological polar surface area (TPSA) is 48.0 Å². The third kappa shape index (κ3) is 3.39. The van der Waals surface area contributed by atoms with E-state index in [4.69, 9.17) is 5.73 Å². The largest absolute Gasteiger partial charge is 0.366 e. The first-order chi connectivity index (χ1) is 14.0. The van der Waals surface area contributed by atoms with E-state index < -0.39 is 5.91 Å². The third-order valence-corrected chi connectivity index (χ3v) is 5.91. The predicted molar refractivity (Wildman–Crippen MR) is 127 cm³/mol. The molecule has 0 aliphatic rings. The average Bonchev–Trinajstić information content (AvgIpc) is 2.99. The van der Waals surface area contributed by atoms with E-state index in [1.54, 1.807) is 12.1 Å². The van der Waals surface area contributed by atoms with E-state index in [1.807, 2.05) is 12.1 Å². The number of carbonyl (C=O) groups is 1. The molecule has 0 aliphatic heterocycles. The smallest absolute Gasteiger partial charge is 0.248 e. The molecule has 0 atom stereocenters. The summed E-state index contributed by atoms with van der Waals surface area (Å²) in [5.74, 6) is -0.409. The molecule has 1 heterocycles. The Morgan fingerprint density at radius 2 is 1.13 bits per heavy atom. The number of aromatic nitrogens is 1. The van der Waals surface area contributed by atoms with Crippen molar-refractivity contribution in [3.8, 4) is 5.69 Å². The number of amides is 1. The third-order valence-electron chi connectivity index (χ3n) is 5.91. The molecule has 0 aliphatic carbocycles. The second kappa shape index (κ2) is 6.73. The average molecular weight is 399 g/mol. The fourth-order valence-electron chi connectivity index (χ4n) is 4.01. The van der Waals surface area contributed by atoms with Gasteiger partial charge in [0.05, 0.1) is 11.0 Å². The second-order valence-corrected chi connectivity index (χ2v) is 10.2. The molecule has 3 aromatic carbocycles. The molecule has 0 unspecified atom stereocenters. The van der Waals surface area contributed by atoms with Crippen molar-refractivity contribution in [2.24, 2.45) is 5.73 Å². The summed E-state index contributed by atoms with van der Waals surface area (Å²) in [6, 6.07) is 21.1. The lowest BCUT2D eigenvalue weighted by Gasteiger charge is -2.19. The first kappa shape index (κ1) is 20.2. The van der Waals surface area contributed by atoms with Crippen LogP contribution in [0.15, 0.2) is 60.7 Å². The SMILES string of the molecule is CC(C)(C)c1ccc2c(c1)c1cc(C(C)(C)C)ccc1n2-c1ccc(C(N)=O)cc1. The van der Waals surface area contributed by atoms with Gasteiger partial charge in [-0.05, 0) is 70.5 Å². The van der Waals surface area contributed by atoms with Crippen LogP contribution in [0.3, 0.4) is 0 Å². The van der Waals surface area contributed by atoms with Gasteiger partial charge in [0.2, 0.25) is 5.91 Å². The van der Waals surface area contributed by atoms with Crippen molar-refractivity contribution in [1.82, 2.24) is 4.57 Å². The zero-order valence-corrected chi connectivity index (χ0v) is 18.7. The Balaban J connectivity index is 2.06. The number of nitrogens with two attached hydrogens (primary N) is 1. The lowest BCUT2D eigenvalue weighted by atomic mass is 9.85. The van der Waals surface area contributed by atoms with Gasteiger partial charge in [0.25, 0.3) is 0 Å². The summed E-state index contributed by atoms with van der Waals surface area (Å²) in [6.45, 7) is 13.5. The Labute approximate surface area is 178 Å². The van der Waals surface area contributed by atoms with Crippen molar-refractivity contribution >= 4 is 27.7 Å². The minimum Gasteiger partial charge on any atom is -0.366 e. The quantitative estimate of drug-likeness (QED) is 0.413. The Morgan fingerprint density at radius 1 is 0.700 bits per heavy atom. The maximum atomic E-state index is 11.5. The van der Waals surface area contributed by atoms with Gasteiger partial charge in [-0.25, -0.2) is 0 Å². The van der Waals surface area contributed by atoms with Gasteiger partial charge in [-0.3, -0.25) is 4.79 Å². The number of fused-ring (bicyclic) bond motifs is 3. The van der Waals surface area contributed by atoms with Crippen LogP contribution in [0.1, 0.15) is 63.0 Å². The van der Waals surface area contributed by atoms with Gasteiger partial charge in [0.1, 0.15) is 0 Å². The molecule has 2 N–H and O–H groups in total. The fraction of sp³-hybridized carbons (Fsp3) is 0.296. The number of hydrogen-bond donors (Lipinski definition) is 1. The van der Waals surface area contributed by atoms with E-state index in [2.05, 4.69) is 82.5 Å². The first-order valence-corrected chi connectivity index (χ1v) is 10.5. The Kier molecular flexibility index (Phi) is 4.54.